The van der Waals surface area contributed by atoms with Crippen LogP contribution in [-0.2, 0) is 4.79 Å². The van der Waals surface area contributed by atoms with E-state index in [1.165, 1.54) is 18.0 Å². The van der Waals surface area contributed by atoms with Gasteiger partial charge in [-0.3, -0.25) is 4.79 Å². The van der Waals surface area contributed by atoms with Gasteiger partial charge in [0.1, 0.15) is 5.76 Å². The van der Waals surface area contributed by atoms with Crippen molar-refractivity contribution in [3.05, 3.63) is 54.5 Å². The van der Waals surface area contributed by atoms with Crippen molar-refractivity contribution in [3.63, 3.8) is 0 Å². The SMILES string of the molecule is O=C(CSc1nc2ccccc2s1)N/N=C/C=C\c1ccco1. The fourth-order valence-electron chi connectivity index (χ4n) is 1.75. The van der Waals surface area contributed by atoms with Crippen LogP contribution in [0.15, 0.2) is 62.6 Å². The van der Waals surface area contributed by atoms with E-state index < -0.39 is 0 Å². The van der Waals surface area contributed by atoms with Gasteiger partial charge in [-0.2, -0.15) is 5.10 Å². The van der Waals surface area contributed by atoms with Crippen LogP contribution in [0.5, 0.6) is 0 Å². The smallest absolute Gasteiger partial charge is 0.250 e. The van der Waals surface area contributed by atoms with Crippen LogP contribution < -0.4 is 5.43 Å². The lowest BCUT2D eigenvalue weighted by Gasteiger charge is -1.96. The molecule has 3 rings (SSSR count). The third-order valence-corrected chi connectivity index (χ3v) is 4.93. The Kier molecular flexibility index (Phi) is 5.23. The number of hydrogen-bond acceptors (Lipinski definition) is 6. The predicted molar refractivity (Wildman–Crippen MR) is 94.7 cm³/mol. The Labute approximate surface area is 141 Å². The molecule has 0 bridgehead atoms. The van der Waals surface area contributed by atoms with Crippen LogP contribution in [0, 0.1) is 0 Å². The number of amides is 1. The minimum atomic E-state index is -0.170. The molecule has 0 radical (unpaired) electrons. The van der Waals surface area contributed by atoms with E-state index in [0.29, 0.717) is 0 Å². The Hall–Kier alpha value is -2.38. The average Bonchev–Trinajstić information content (AvgIpc) is 3.21. The van der Waals surface area contributed by atoms with Crippen LogP contribution in [0.3, 0.4) is 0 Å². The fourth-order valence-corrected chi connectivity index (χ4v) is 3.61. The molecule has 2 aromatic heterocycles. The van der Waals surface area contributed by atoms with Crippen molar-refractivity contribution in [1.29, 1.82) is 0 Å². The van der Waals surface area contributed by atoms with E-state index in [0.717, 1.165) is 20.3 Å². The van der Waals surface area contributed by atoms with Crippen LogP contribution in [0.2, 0.25) is 0 Å². The molecule has 0 aliphatic rings. The highest BCUT2D eigenvalue weighted by Gasteiger charge is 2.06. The maximum atomic E-state index is 11.7. The van der Waals surface area contributed by atoms with Crippen molar-refractivity contribution in [2.45, 2.75) is 4.34 Å². The van der Waals surface area contributed by atoms with Gasteiger partial charge in [0.05, 0.1) is 22.2 Å². The standard InChI is InChI=1S/C16H13N3O2S2/c20-15(19-17-9-3-5-12-6-4-10-21-12)11-22-16-18-13-7-1-2-8-14(13)23-16/h1-10H,11H2,(H,19,20)/b5-3-,17-9+. The Bertz CT molecular complexity index is 805. The van der Waals surface area contributed by atoms with Crippen LogP contribution >= 0.6 is 23.1 Å². The maximum Gasteiger partial charge on any atom is 0.250 e. The number of aromatic nitrogens is 1. The van der Waals surface area contributed by atoms with Gasteiger partial charge < -0.3 is 4.42 Å². The third kappa shape index (κ3) is 4.54. The summed E-state index contributed by atoms with van der Waals surface area (Å²) < 4.78 is 7.13. The number of nitrogens with one attached hydrogen (secondary N) is 1. The van der Waals surface area contributed by atoms with Gasteiger partial charge >= 0.3 is 0 Å². The van der Waals surface area contributed by atoms with Crippen molar-refractivity contribution >= 4 is 51.5 Å². The molecule has 1 aromatic carbocycles. The van der Waals surface area contributed by atoms with Gasteiger partial charge in [0.15, 0.2) is 4.34 Å². The topological polar surface area (TPSA) is 67.5 Å². The van der Waals surface area contributed by atoms with Crippen LogP contribution in [0.1, 0.15) is 5.76 Å². The third-order valence-electron chi connectivity index (χ3n) is 2.75. The van der Waals surface area contributed by atoms with Crippen molar-refractivity contribution in [2.24, 2.45) is 5.10 Å². The van der Waals surface area contributed by atoms with Crippen LogP contribution in [0.4, 0.5) is 0 Å². The quantitative estimate of drug-likeness (QED) is 0.420. The Morgan fingerprint density at radius 1 is 1.35 bits per heavy atom. The number of para-hydroxylation sites is 1. The highest BCUT2D eigenvalue weighted by atomic mass is 32.2. The summed E-state index contributed by atoms with van der Waals surface area (Å²) in [7, 11) is 0. The van der Waals surface area contributed by atoms with Crippen molar-refractivity contribution in [3.8, 4) is 0 Å². The van der Waals surface area contributed by atoms with Gasteiger partial charge in [-0.25, -0.2) is 10.4 Å². The van der Waals surface area contributed by atoms with E-state index in [4.69, 9.17) is 4.42 Å². The summed E-state index contributed by atoms with van der Waals surface area (Å²) in [6, 6.07) is 11.6. The number of hydrogen-bond donors (Lipinski definition) is 1. The number of thiazole rings is 1. The molecule has 0 fully saturated rings. The highest BCUT2D eigenvalue weighted by Crippen LogP contribution is 2.28. The summed E-state index contributed by atoms with van der Waals surface area (Å²) in [6.45, 7) is 0. The number of carbonyl (C=O) groups is 1. The van der Waals surface area contributed by atoms with Crippen molar-refractivity contribution in [2.75, 3.05) is 5.75 Å². The number of furan rings is 1. The molecule has 0 aliphatic carbocycles. The Morgan fingerprint density at radius 2 is 2.26 bits per heavy atom. The maximum absolute atomic E-state index is 11.7. The van der Waals surface area contributed by atoms with Gasteiger partial charge in [-0.15, -0.1) is 11.3 Å². The Balaban J connectivity index is 1.44. The fraction of sp³-hybridized carbons (Fsp3) is 0.0625. The molecule has 1 amide bonds. The summed E-state index contributed by atoms with van der Waals surface area (Å²) in [5.41, 5.74) is 3.43. The average molecular weight is 343 g/mol. The molecule has 0 aliphatic heterocycles. The molecule has 0 atom stereocenters. The van der Waals surface area contributed by atoms with E-state index in [-0.39, 0.29) is 11.7 Å². The monoisotopic (exact) mass is 343 g/mol. The van der Waals surface area contributed by atoms with Gasteiger partial charge in [-0.1, -0.05) is 23.9 Å². The highest BCUT2D eigenvalue weighted by molar-refractivity contribution is 8.01. The predicted octanol–water partition coefficient (Wildman–Crippen LogP) is 3.80. The molecular weight excluding hydrogens is 330 g/mol. The van der Waals surface area contributed by atoms with Crippen molar-refractivity contribution < 1.29 is 9.21 Å². The van der Waals surface area contributed by atoms with E-state index in [1.54, 1.807) is 35.8 Å². The molecule has 0 saturated heterocycles. The van der Waals surface area contributed by atoms with E-state index in [2.05, 4.69) is 15.5 Å². The number of thioether (sulfide) groups is 1. The molecule has 23 heavy (non-hydrogen) atoms. The number of rotatable bonds is 6. The first-order valence-electron chi connectivity index (χ1n) is 6.82. The lowest BCUT2D eigenvalue weighted by Crippen LogP contribution is -2.19. The number of fused-ring (bicyclic) bond motifs is 1. The van der Waals surface area contributed by atoms with E-state index in [1.807, 2.05) is 30.3 Å². The first-order valence-corrected chi connectivity index (χ1v) is 8.62. The molecule has 116 valence electrons. The minimum Gasteiger partial charge on any atom is -0.465 e. The normalized spacial score (nSPS) is 11.7. The van der Waals surface area contributed by atoms with E-state index in [9.17, 15) is 4.79 Å². The second-order valence-electron chi connectivity index (χ2n) is 4.42. The molecule has 3 aromatic rings. The molecule has 1 N–H and O–H groups in total. The number of hydrazone groups is 1. The molecule has 0 unspecified atom stereocenters. The summed E-state index contributed by atoms with van der Waals surface area (Å²) in [5.74, 6) is 0.838. The summed E-state index contributed by atoms with van der Waals surface area (Å²) >= 11 is 2.99. The number of nitrogens with zero attached hydrogens (tertiary/aromatic N) is 2. The second kappa shape index (κ2) is 7.75. The van der Waals surface area contributed by atoms with Gasteiger partial charge in [0, 0.05) is 6.21 Å². The molecular formula is C16H13N3O2S2. The zero-order chi connectivity index (χ0) is 15.9. The molecule has 2 heterocycles. The van der Waals surface area contributed by atoms with Gasteiger partial charge in [0.2, 0.25) is 0 Å². The van der Waals surface area contributed by atoms with Crippen molar-refractivity contribution in [1.82, 2.24) is 10.4 Å². The summed E-state index contributed by atoms with van der Waals surface area (Å²) in [6.07, 6.45) is 6.55. The lowest BCUT2D eigenvalue weighted by atomic mass is 10.3. The summed E-state index contributed by atoms with van der Waals surface area (Å²) in [5, 5.41) is 3.84. The van der Waals surface area contributed by atoms with E-state index >= 15 is 0 Å². The molecule has 0 spiro atoms. The lowest BCUT2D eigenvalue weighted by molar-refractivity contribution is -0.118. The van der Waals surface area contributed by atoms with Crippen LogP contribution in [-0.4, -0.2) is 22.9 Å². The summed E-state index contributed by atoms with van der Waals surface area (Å²) in [4.78, 5) is 16.2. The Morgan fingerprint density at radius 3 is 3.09 bits per heavy atom. The first-order chi connectivity index (χ1) is 11.3. The number of carbonyl (C=O) groups excluding carboxylic acids is 1. The molecule has 5 nitrogen and oxygen atoms in total. The van der Waals surface area contributed by atoms with Gasteiger partial charge in [-0.05, 0) is 36.4 Å². The van der Waals surface area contributed by atoms with Crippen LogP contribution in [0.25, 0.3) is 16.3 Å². The molecule has 0 saturated carbocycles. The second-order valence-corrected chi connectivity index (χ2v) is 6.68. The largest absolute Gasteiger partial charge is 0.465 e. The minimum absolute atomic E-state index is 0.170. The number of benzene rings is 1. The zero-order valence-corrected chi connectivity index (χ0v) is 13.6. The first kappa shape index (κ1) is 15.5. The van der Waals surface area contributed by atoms with Gasteiger partial charge in [0.25, 0.3) is 5.91 Å². The zero-order valence-electron chi connectivity index (χ0n) is 12.0. The molecule has 7 heteroatoms. The number of allylic oxidation sites excluding steroid dienone is 1.